The lowest BCUT2D eigenvalue weighted by molar-refractivity contribution is 0.599. The van der Waals surface area contributed by atoms with E-state index in [-0.39, 0.29) is 5.92 Å². The summed E-state index contributed by atoms with van der Waals surface area (Å²) in [5.74, 6) is 0.239. The first-order valence-electron chi connectivity index (χ1n) is 21.1. The molecule has 61 heavy (non-hydrogen) atoms. The molecule has 2 aliphatic heterocycles. The summed E-state index contributed by atoms with van der Waals surface area (Å²) in [5.41, 5.74) is 19.2. The molecule has 12 rings (SSSR count). The molecule has 1 aromatic heterocycles. The van der Waals surface area contributed by atoms with E-state index in [0.717, 1.165) is 34.3 Å². The van der Waals surface area contributed by atoms with Crippen molar-refractivity contribution in [1.82, 2.24) is 4.57 Å². The standard InChI is InChI=1S/C57H40N4/c1-4-13-38(14-5-1)40-23-25-41(26-24-40)42-17-12-18-46(33-42)52-37-58-57(59-52)61-53-22-11-10-21-48(53)49-35-44(29-32-56(49)61)45-28-31-55-51(36-45)50-34-43(39-15-6-2-7-16-39)27-30-54(50)60(55)47-19-8-3-9-20-47/h1-35,37,51,57H,36H2. The Bertz CT molecular complexity index is 3260. The van der Waals surface area contributed by atoms with E-state index in [9.17, 15) is 0 Å². The molecular weight excluding hydrogens is 741 g/mol. The van der Waals surface area contributed by atoms with Crippen LogP contribution in [0.1, 0.15) is 35.3 Å². The van der Waals surface area contributed by atoms with Crippen LogP contribution < -0.4 is 4.90 Å². The van der Waals surface area contributed by atoms with E-state index in [2.05, 4.69) is 222 Å². The number of fused-ring (bicyclic) bond motifs is 6. The molecule has 0 bridgehead atoms. The number of aromatic nitrogens is 1. The summed E-state index contributed by atoms with van der Waals surface area (Å²) in [6.45, 7) is 0. The van der Waals surface area contributed by atoms with E-state index in [1.54, 1.807) is 0 Å². The number of benzene rings is 8. The van der Waals surface area contributed by atoms with Crippen LogP contribution in [-0.4, -0.2) is 16.5 Å². The van der Waals surface area contributed by atoms with Crippen LogP contribution in [0.15, 0.2) is 228 Å². The monoisotopic (exact) mass is 780 g/mol. The molecule has 4 nitrogen and oxygen atoms in total. The zero-order valence-electron chi connectivity index (χ0n) is 33.4. The molecule has 2 unspecified atom stereocenters. The van der Waals surface area contributed by atoms with Gasteiger partial charge in [0.05, 0.1) is 23.0 Å². The molecule has 2 atom stereocenters. The fourth-order valence-corrected chi connectivity index (χ4v) is 9.66. The number of rotatable bonds is 7. The van der Waals surface area contributed by atoms with Crippen molar-refractivity contribution in [1.29, 1.82) is 0 Å². The molecule has 0 N–H and O–H groups in total. The summed E-state index contributed by atoms with van der Waals surface area (Å²) in [4.78, 5) is 12.7. The minimum absolute atomic E-state index is 0.239. The van der Waals surface area contributed by atoms with Gasteiger partial charge < -0.3 is 4.90 Å². The molecule has 3 aliphatic rings. The van der Waals surface area contributed by atoms with E-state index >= 15 is 0 Å². The molecule has 4 heteroatoms. The molecule has 0 fully saturated rings. The molecule has 0 radical (unpaired) electrons. The summed E-state index contributed by atoms with van der Waals surface area (Å²) < 4.78 is 2.30. The molecule has 9 aromatic rings. The largest absolute Gasteiger partial charge is 0.313 e. The molecule has 288 valence electrons. The number of para-hydroxylation sites is 2. The minimum atomic E-state index is -0.394. The second kappa shape index (κ2) is 14.5. The first-order valence-corrected chi connectivity index (χ1v) is 21.1. The van der Waals surface area contributed by atoms with E-state index < -0.39 is 6.29 Å². The number of anilines is 2. The lowest BCUT2D eigenvalue weighted by atomic mass is 9.84. The number of allylic oxidation sites excluding steroid dienone is 4. The van der Waals surface area contributed by atoms with Crippen LogP contribution in [0.5, 0.6) is 0 Å². The van der Waals surface area contributed by atoms with Crippen molar-refractivity contribution in [3.63, 3.8) is 0 Å². The fourth-order valence-electron chi connectivity index (χ4n) is 9.66. The molecule has 0 saturated heterocycles. The molecule has 0 amide bonds. The highest BCUT2D eigenvalue weighted by molar-refractivity contribution is 6.39. The van der Waals surface area contributed by atoms with Crippen molar-refractivity contribution >= 4 is 50.7 Å². The lowest BCUT2D eigenvalue weighted by Gasteiger charge is -2.26. The van der Waals surface area contributed by atoms with Gasteiger partial charge in [0.25, 0.3) is 0 Å². The second-order valence-electron chi connectivity index (χ2n) is 16.1. The Labute approximate surface area is 355 Å². The summed E-state index contributed by atoms with van der Waals surface area (Å²) in [7, 11) is 0. The van der Waals surface area contributed by atoms with Gasteiger partial charge in [-0.3, -0.25) is 4.57 Å². The van der Waals surface area contributed by atoms with Gasteiger partial charge in [-0.2, -0.15) is 0 Å². The van der Waals surface area contributed by atoms with Crippen LogP contribution >= 0.6 is 0 Å². The number of aliphatic imine (C=N–C) groups is 2. The predicted molar refractivity (Wildman–Crippen MR) is 255 cm³/mol. The smallest absolute Gasteiger partial charge is 0.221 e. The van der Waals surface area contributed by atoms with Crippen molar-refractivity contribution in [2.75, 3.05) is 4.90 Å². The number of hydrogen-bond donors (Lipinski definition) is 0. The Morgan fingerprint density at radius 1 is 0.443 bits per heavy atom. The number of hydrogen-bond acceptors (Lipinski definition) is 3. The fraction of sp³-hybridized carbons (Fsp3) is 0.0526. The second-order valence-corrected chi connectivity index (χ2v) is 16.1. The lowest BCUT2D eigenvalue weighted by Crippen LogP contribution is -2.15. The third kappa shape index (κ3) is 6.07. The van der Waals surface area contributed by atoms with Gasteiger partial charge in [0, 0.05) is 39.3 Å². The van der Waals surface area contributed by atoms with E-state index in [4.69, 9.17) is 9.98 Å². The van der Waals surface area contributed by atoms with Crippen LogP contribution in [0, 0.1) is 0 Å². The highest BCUT2D eigenvalue weighted by Crippen LogP contribution is 2.53. The van der Waals surface area contributed by atoms with Gasteiger partial charge in [-0.15, -0.1) is 0 Å². The third-order valence-corrected chi connectivity index (χ3v) is 12.6. The first kappa shape index (κ1) is 35.2. The Balaban J connectivity index is 0.879. The van der Waals surface area contributed by atoms with Crippen molar-refractivity contribution < 1.29 is 0 Å². The van der Waals surface area contributed by atoms with Crippen molar-refractivity contribution in [2.24, 2.45) is 9.98 Å². The quantitative estimate of drug-likeness (QED) is 0.159. The predicted octanol–water partition coefficient (Wildman–Crippen LogP) is 14.4. The summed E-state index contributed by atoms with van der Waals surface area (Å²) in [6, 6.07) is 72.1. The maximum Gasteiger partial charge on any atom is 0.221 e. The number of nitrogens with zero attached hydrogens (tertiary/aromatic N) is 4. The van der Waals surface area contributed by atoms with Crippen LogP contribution in [0.4, 0.5) is 11.4 Å². The normalized spacial score (nSPS) is 16.7. The maximum atomic E-state index is 5.25. The van der Waals surface area contributed by atoms with Gasteiger partial charge >= 0.3 is 0 Å². The zero-order valence-corrected chi connectivity index (χ0v) is 33.4. The van der Waals surface area contributed by atoms with E-state index in [0.29, 0.717) is 0 Å². The Morgan fingerprint density at radius 3 is 1.82 bits per heavy atom. The van der Waals surface area contributed by atoms with Gasteiger partial charge in [0.2, 0.25) is 6.29 Å². The van der Waals surface area contributed by atoms with Gasteiger partial charge in [-0.1, -0.05) is 158 Å². The average molecular weight is 781 g/mol. The minimum Gasteiger partial charge on any atom is -0.313 e. The van der Waals surface area contributed by atoms with Crippen molar-refractivity contribution in [3.05, 3.63) is 235 Å². The maximum absolute atomic E-state index is 5.25. The highest BCUT2D eigenvalue weighted by Gasteiger charge is 2.37. The first-order chi connectivity index (χ1) is 30.2. The Morgan fingerprint density at radius 2 is 1.03 bits per heavy atom. The molecular formula is C57H40N4. The van der Waals surface area contributed by atoms with Crippen LogP contribution in [0.2, 0.25) is 0 Å². The molecule has 0 spiro atoms. The van der Waals surface area contributed by atoms with Gasteiger partial charge in [-0.05, 0) is 111 Å². The summed E-state index contributed by atoms with van der Waals surface area (Å²) in [6.07, 6.45) is 7.16. The van der Waals surface area contributed by atoms with Gasteiger partial charge in [0.15, 0.2) is 0 Å². The molecule has 8 aromatic carbocycles. The van der Waals surface area contributed by atoms with Crippen LogP contribution in [0.3, 0.4) is 0 Å². The molecule has 3 heterocycles. The topological polar surface area (TPSA) is 32.9 Å². The Kier molecular flexibility index (Phi) is 8.34. The van der Waals surface area contributed by atoms with Crippen LogP contribution in [-0.2, 0) is 0 Å². The molecule has 0 saturated carbocycles. The van der Waals surface area contributed by atoms with Crippen LogP contribution in [0.25, 0.3) is 60.8 Å². The summed E-state index contributed by atoms with van der Waals surface area (Å²) in [5, 5.41) is 2.42. The SMILES string of the molecule is C1=NC(n2c3ccccc3c3cc(C4=CC=C5C(C4)c4cc(-c6ccccc6)ccc4N5c4ccccc4)ccc32)N=C1c1cccc(-c2ccc(-c3ccccc3)cc2)c1. The Hall–Kier alpha value is -7.82. The van der Waals surface area contributed by atoms with Crippen molar-refractivity contribution in [3.8, 4) is 33.4 Å². The summed E-state index contributed by atoms with van der Waals surface area (Å²) >= 11 is 0. The van der Waals surface area contributed by atoms with Gasteiger partial charge in [-0.25, -0.2) is 9.98 Å². The van der Waals surface area contributed by atoms with Crippen molar-refractivity contribution in [2.45, 2.75) is 18.6 Å². The third-order valence-electron chi connectivity index (χ3n) is 12.6. The highest BCUT2D eigenvalue weighted by atomic mass is 15.3. The average Bonchev–Trinajstić information content (AvgIpc) is 4.05. The van der Waals surface area contributed by atoms with E-state index in [1.165, 1.54) is 72.4 Å². The van der Waals surface area contributed by atoms with Gasteiger partial charge in [0.1, 0.15) is 0 Å². The molecule has 1 aliphatic carbocycles. The zero-order chi connectivity index (χ0) is 40.3. The van der Waals surface area contributed by atoms with E-state index in [1.807, 2.05) is 6.21 Å².